The summed E-state index contributed by atoms with van der Waals surface area (Å²) in [7, 11) is 0. The molecule has 0 saturated heterocycles. The highest BCUT2D eigenvalue weighted by molar-refractivity contribution is 6.09. The second kappa shape index (κ2) is 25.4. The van der Waals surface area contributed by atoms with Crippen LogP contribution in [0.4, 0.5) is 0 Å². The number of hydrogen-bond donors (Lipinski definition) is 0. The van der Waals surface area contributed by atoms with E-state index < -0.39 is 0 Å². The van der Waals surface area contributed by atoms with Crippen molar-refractivity contribution in [1.29, 1.82) is 0 Å². The minimum atomic E-state index is 0.0949. The summed E-state index contributed by atoms with van der Waals surface area (Å²) in [6.07, 6.45) is 12.5. The average Bonchev–Trinajstić information content (AvgIpc) is 1.56. The zero-order valence-corrected chi connectivity index (χ0v) is 61.3. The molecule has 10 heteroatoms. The van der Waals surface area contributed by atoms with Crippen molar-refractivity contribution in [2.75, 3.05) is 0 Å². The fourth-order valence-electron chi connectivity index (χ4n) is 19.5. The SMILES string of the molecule is c1cc(-c2nc(-c3ccc4c(c3)oc3ccccc34)nc(-c3ccc4c(c3)oc3ccccc34)n2)cc(-c2cccc3c2-c2ccccc2C32CCCCC2)c1.c1cc(-c2nc(-c3ccc4oc5ccccc5c4c3)nc(-c3ccc4oc5ccccc5c4c3)n2)cc(-c2cccc3c2-c2ccccc2C32CCCCC2)c1. The zero-order chi connectivity index (χ0) is 73.6. The predicted molar refractivity (Wildman–Crippen MR) is 451 cm³/mol. The van der Waals surface area contributed by atoms with Gasteiger partial charge in [-0.2, -0.15) is 0 Å². The summed E-state index contributed by atoms with van der Waals surface area (Å²) in [6, 6.07) is 107. The van der Waals surface area contributed by atoms with E-state index in [1.54, 1.807) is 0 Å². The largest absolute Gasteiger partial charge is 0.456 e. The molecule has 10 nitrogen and oxygen atoms in total. The van der Waals surface area contributed by atoms with Crippen molar-refractivity contribution >= 4 is 87.8 Å². The van der Waals surface area contributed by atoms with Gasteiger partial charge in [-0.05, 0) is 190 Å². The Labute approximate surface area is 644 Å². The number of furan rings is 4. The van der Waals surface area contributed by atoms with Gasteiger partial charge in [0.2, 0.25) is 0 Å². The Bertz CT molecular complexity index is 7000. The van der Waals surface area contributed by atoms with Crippen LogP contribution in [0.3, 0.4) is 0 Å². The number of para-hydroxylation sites is 4. The third-order valence-corrected chi connectivity index (χ3v) is 24.7. The number of fused-ring (bicyclic) bond motifs is 22. The lowest BCUT2D eigenvalue weighted by Gasteiger charge is -2.36. The number of benzene rings is 14. The van der Waals surface area contributed by atoms with Crippen LogP contribution in [0.25, 0.3) is 201 Å². The van der Waals surface area contributed by atoms with Gasteiger partial charge < -0.3 is 17.7 Å². The Balaban J connectivity index is 0.000000134. The van der Waals surface area contributed by atoms with Gasteiger partial charge >= 0.3 is 0 Å². The van der Waals surface area contributed by atoms with Crippen molar-refractivity contribution < 1.29 is 17.7 Å². The molecule has 532 valence electrons. The number of rotatable bonds is 8. The van der Waals surface area contributed by atoms with Crippen molar-refractivity contribution in [1.82, 2.24) is 29.9 Å². The Kier molecular flexibility index (Phi) is 14.6. The fraction of sp³-hybridized carbons (Fsp3) is 0.118. The number of nitrogens with zero attached hydrogens (tertiary/aromatic N) is 6. The van der Waals surface area contributed by atoms with Crippen molar-refractivity contribution in [3.05, 3.63) is 326 Å². The normalized spacial score (nSPS) is 14.6. The molecule has 0 N–H and O–H groups in total. The lowest BCUT2D eigenvalue weighted by atomic mass is 9.68. The molecule has 6 aromatic heterocycles. The van der Waals surface area contributed by atoms with Crippen LogP contribution >= 0.6 is 0 Å². The van der Waals surface area contributed by atoms with Gasteiger partial charge in [0.25, 0.3) is 0 Å². The molecule has 2 saturated carbocycles. The fourth-order valence-corrected chi connectivity index (χ4v) is 19.5. The molecule has 0 bridgehead atoms. The van der Waals surface area contributed by atoms with E-state index in [-0.39, 0.29) is 10.8 Å². The van der Waals surface area contributed by atoms with E-state index in [1.807, 2.05) is 109 Å². The second-order valence-electron chi connectivity index (χ2n) is 30.8. The molecule has 0 atom stereocenters. The van der Waals surface area contributed by atoms with Gasteiger partial charge in [-0.3, -0.25) is 0 Å². The molecule has 4 aliphatic carbocycles. The molecule has 4 aliphatic rings. The zero-order valence-electron chi connectivity index (χ0n) is 61.3. The van der Waals surface area contributed by atoms with Crippen LogP contribution in [-0.4, -0.2) is 29.9 Å². The van der Waals surface area contributed by atoms with Crippen molar-refractivity contribution in [2.24, 2.45) is 0 Å². The molecule has 6 heterocycles. The highest BCUT2D eigenvalue weighted by atomic mass is 16.3. The van der Waals surface area contributed by atoms with Gasteiger partial charge in [0.15, 0.2) is 34.9 Å². The molecule has 0 radical (unpaired) electrons. The first-order chi connectivity index (χ1) is 55.4. The summed E-state index contributed by atoms with van der Waals surface area (Å²) in [6.45, 7) is 0. The van der Waals surface area contributed by atoms with E-state index in [2.05, 4.69) is 194 Å². The van der Waals surface area contributed by atoms with Gasteiger partial charge in [0.05, 0.1) is 0 Å². The minimum absolute atomic E-state index is 0.0949. The van der Waals surface area contributed by atoms with Crippen LogP contribution in [-0.2, 0) is 10.8 Å². The summed E-state index contributed by atoms with van der Waals surface area (Å²) < 4.78 is 25.0. The van der Waals surface area contributed by atoms with Gasteiger partial charge in [0, 0.05) is 87.3 Å². The van der Waals surface area contributed by atoms with E-state index in [0.29, 0.717) is 34.9 Å². The molecule has 20 aromatic rings. The molecule has 0 aliphatic heterocycles. The first-order valence-corrected chi connectivity index (χ1v) is 39.3. The maximum Gasteiger partial charge on any atom is 0.164 e. The standard InChI is InChI=1S/2C51H35N3O2/c1-8-26-51(27-9-1)41-18-5-2-16-40(41)47-35(17-11-19-42(47)51)31-12-10-13-32(28-31)48-52-49(33-22-24-38-36-14-3-6-20-43(36)55-45(38)29-33)54-50(53-48)34-23-25-39-37-15-4-7-21-44(37)56-46(39)30-34;1-8-26-51(27-9-1)41-18-5-2-16-38(41)47-35(17-11-19-42(47)51)31-12-10-13-32(28-31)48-52-49(33-22-24-45-39(29-33)36-14-3-6-20-43(36)55-45)54-50(53-48)34-23-25-46-40(30-34)37-15-4-7-21-44(37)56-46/h2*2-7,10-25,28-30H,1,8-9,26-27H2. The molecule has 2 spiro atoms. The molecular formula is C102H70N6O4. The van der Waals surface area contributed by atoms with Gasteiger partial charge in [-0.25, -0.2) is 29.9 Å². The van der Waals surface area contributed by atoms with Crippen molar-refractivity contribution in [3.8, 4) is 113 Å². The lowest BCUT2D eigenvalue weighted by molar-refractivity contribution is 0.353. The Morgan fingerprint density at radius 1 is 0.188 bits per heavy atom. The summed E-state index contributed by atoms with van der Waals surface area (Å²) in [5, 5.41) is 8.50. The van der Waals surface area contributed by atoms with E-state index in [4.69, 9.17) is 47.6 Å². The molecular weight excluding hydrogens is 1370 g/mol. The van der Waals surface area contributed by atoms with Crippen LogP contribution in [0.2, 0.25) is 0 Å². The number of hydrogen-bond acceptors (Lipinski definition) is 10. The first-order valence-electron chi connectivity index (χ1n) is 39.3. The third-order valence-electron chi connectivity index (χ3n) is 24.7. The molecule has 0 amide bonds. The van der Waals surface area contributed by atoms with Gasteiger partial charge in [-0.1, -0.05) is 245 Å². The Morgan fingerprint density at radius 2 is 0.464 bits per heavy atom. The average molecular weight is 1440 g/mol. The molecule has 24 rings (SSSR count). The molecule has 2 fully saturated rings. The highest BCUT2D eigenvalue weighted by Gasteiger charge is 2.46. The summed E-state index contributed by atoms with van der Waals surface area (Å²) >= 11 is 0. The maximum absolute atomic E-state index is 6.31. The van der Waals surface area contributed by atoms with Gasteiger partial charge in [0.1, 0.15) is 44.7 Å². The van der Waals surface area contributed by atoms with Crippen LogP contribution in [0.15, 0.2) is 321 Å². The molecule has 0 unspecified atom stereocenters. The second-order valence-corrected chi connectivity index (χ2v) is 30.8. The first kappa shape index (κ1) is 64.3. The quantitative estimate of drug-likeness (QED) is 0.145. The van der Waals surface area contributed by atoms with E-state index in [1.165, 1.54) is 120 Å². The maximum atomic E-state index is 6.31. The lowest BCUT2D eigenvalue weighted by Crippen LogP contribution is -2.27. The minimum Gasteiger partial charge on any atom is -0.456 e. The van der Waals surface area contributed by atoms with Crippen LogP contribution < -0.4 is 0 Å². The van der Waals surface area contributed by atoms with E-state index in [9.17, 15) is 0 Å². The summed E-state index contributed by atoms with van der Waals surface area (Å²) in [4.78, 5) is 31.1. The Morgan fingerprint density at radius 3 is 0.866 bits per heavy atom. The molecule has 112 heavy (non-hydrogen) atoms. The predicted octanol–water partition coefficient (Wildman–Crippen LogP) is 27.1. The van der Waals surface area contributed by atoms with E-state index >= 15 is 0 Å². The molecule has 14 aromatic carbocycles. The topological polar surface area (TPSA) is 130 Å². The van der Waals surface area contributed by atoms with Crippen molar-refractivity contribution in [3.63, 3.8) is 0 Å². The summed E-state index contributed by atoms with van der Waals surface area (Å²) in [5.41, 5.74) is 28.5. The van der Waals surface area contributed by atoms with E-state index in [0.717, 1.165) is 132 Å². The summed E-state index contributed by atoms with van der Waals surface area (Å²) in [5.74, 6) is 3.60. The third kappa shape index (κ3) is 10.2. The smallest absolute Gasteiger partial charge is 0.164 e. The highest BCUT2D eigenvalue weighted by Crippen LogP contribution is 2.60. The monoisotopic (exact) mass is 1440 g/mol. The number of aromatic nitrogens is 6. The Hall–Kier alpha value is -13.7. The van der Waals surface area contributed by atoms with Crippen LogP contribution in [0.1, 0.15) is 86.5 Å². The van der Waals surface area contributed by atoms with Crippen LogP contribution in [0, 0.1) is 0 Å². The van der Waals surface area contributed by atoms with Crippen molar-refractivity contribution in [2.45, 2.75) is 75.0 Å². The van der Waals surface area contributed by atoms with Gasteiger partial charge in [-0.15, -0.1) is 0 Å². The van der Waals surface area contributed by atoms with Crippen LogP contribution in [0.5, 0.6) is 0 Å².